The Bertz CT molecular complexity index is 504. The third-order valence-electron chi connectivity index (χ3n) is 3.99. The fourth-order valence-electron chi connectivity index (χ4n) is 3.11. The van der Waals surface area contributed by atoms with Crippen LogP contribution < -0.4 is 0 Å². The highest BCUT2D eigenvalue weighted by Crippen LogP contribution is 2.27. The Kier molecular flexibility index (Phi) is 4.33. The van der Waals surface area contributed by atoms with Crippen molar-refractivity contribution in [2.45, 2.75) is 44.2 Å². The van der Waals surface area contributed by atoms with Crippen LogP contribution in [0, 0.1) is 0 Å². The highest BCUT2D eigenvalue weighted by Gasteiger charge is 2.41. The third kappa shape index (κ3) is 3.12. The molecule has 2 aliphatic heterocycles. The van der Waals surface area contributed by atoms with Crippen molar-refractivity contribution in [3.63, 3.8) is 0 Å². The summed E-state index contributed by atoms with van der Waals surface area (Å²) in [5.41, 5.74) is 0. The summed E-state index contributed by atoms with van der Waals surface area (Å²) in [6.07, 6.45) is 3.66. The average molecular weight is 304 g/mol. The normalized spacial score (nSPS) is 27.9. The van der Waals surface area contributed by atoms with Gasteiger partial charge >= 0.3 is 5.97 Å². The number of hydrogen-bond acceptors (Lipinski definition) is 4. The fraction of sp³-hybridized carbons (Fsp3) is 0.833. The number of carbonyl (C=O) groups excluding carboxylic acids is 1. The van der Waals surface area contributed by atoms with Crippen molar-refractivity contribution in [1.29, 1.82) is 0 Å². The summed E-state index contributed by atoms with van der Waals surface area (Å²) >= 11 is 0. The maximum absolute atomic E-state index is 12.5. The first-order chi connectivity index (χ1) is 9.30. The molecule has 2 unspecified atom stereocenters. The Labute approximate surface area is 118 Å². The van der Waals surface area contributed by atoms with Crippen molar-refractivity contribution >= 4 is 21.9 Å². The third-order valence-corrected chi connectivity index (χ3v) is 5.27. The van der Waals surface area contributed by atoms with E-state index in [-0.39, 0.29) is 18.4 Å². The van der Waals surface area contributed by atoms with E-state index in [0.29, 0.717) is 32.4 Å². The number of nitrogens with zero attached hydrogens (tertiary/aromatic N) is 2. The standard InChI is InChI=1S/C12H20N2O5S/c1-20(18,19)14-7-3-5-10(14)12(17)13-6-2-4-9(13)8-11(15)16/h9-10H,2-8H2,1H3,(H,15,16). The number of carboxylic acid groups (broad SMARTS) is 1. The summed E-state index contributed by atoms with van der Waals surface area (Å²) in [6.45, 7) is 0.886. The molecule has 8 heteroatoms. The lowest BCUT2D eigenvalue weighted by molar-refractivity contribution is -0.140. The van der Waals surface area contributed by atoms with Crippen molar-refractivity contribution in [3.05, 3.63) is 0 Å². The second-order valence-electron chi connectivity index (χ2n) is 5.46. The topological polar surface area (TPSA) is 95.0 Å². The summed E-state index contributed by atoms with van der Waals surface area (Å²) in [5.74, 6) is -1.17. The van der Waals surface area contributed by atoms with E-state index in [0.717, 1.165) is 12.7 Å². The lowest BCUT2D eigenvalue weighted by Gasteiger charge is -2.29. The molecule has 7 nitrogen and oxygen atoms in total. The highest BCUT2D eigenvalue weighted by atomic mass is 32.2. The van der Waals surface area contributed by atoms with Crippen LogP contribution in [0.5, 0.6) is 0 Å². The molecule has 20 heavy (non-hydrogen) atoms. The maximum atomic E-state index is 12.5. The van der Waals surface area contributed by atoms with Gasteiger partial charge < -0.3 is 10.0 Å². The van der Waals surface area contributed by atoms with Crippen LogP contribution in [-0.2, 0) is 19.6 Å². The number of aliphatic carboxylic acids is 1. The van der Waals surface area contributed by atoms with Crippen LogP contribution >= 0.6 is 0 Å². The smallest absolute Gasteiger partial charge is 0.305 e. The van der Waals surface area contributed by atoms with Gasteiger partial charge in [0, 0.05) is 19.1 Å². The highest BCUT2D eigenvalue weighted by molar-refractivity contribution is 7.88. The first-order valence-corrected chi connectivity index (χ1v) is 8.64. The van der Waals surface area contributed by atoms with E-state index in [1.54, 1.807) is 4.90 Å². The van der Waals surface area contributed by atoms with Crippen LogP contribution in [0.4, 0.5) is 0 Å². The van der Waals surface area contributed by atoms with Crippen LogP contribution in [-0.4, -0.2) is 66.0 Å². The van der Waals surface area contributed by atoms with E-state index in [4.69, 9.17) is 5.11 Å². The number of likely N-dealkylation sites (tertiary alicyclic amines) is 1. The van der Waals surface area contributed by atoms with Crippen LogP contribution in [0.1, 0.15) is 32.1 Å². The first kappa shape index (κ1) is 15.2. The van der Waals surface area contributed by atoms with E-state index in [2.05, 4.69) is 0 Å². The Morgan fingerprint density at radius 3 is 2.45 bits per heavy atom. The summed E-state index contributed by atoms with van der Waals surface area (Å²) in [5, 5.41) is 8.88. The second kappa shape index (κ2) is 5.69. The fourth-order valence-corrected chi connectivity index (χ4v) is 4.23. The summed E-state index contributed by atoms with van der Waals surface area (Å²) in [4.78, 5) is 24.9. The first-order valence-electron chi connectivity index (χ1n) is 6.80. The van der Waals surface area contributed by atoms with Gasteiger partial charge in [-0.2, -0.15) is 4.31 Å². The summed E-state index contributed by atoms with van der Waals surface area (Å²) < 4.78 is 24.6. The predicted octanol–water partition coefficient (Wildman–Crippen LogP) is -0.124. The molecule has 1 amide bonds. The van der Waals surface area contributed by atoms with E-state index >= 15 is 0 Å². The molecule has 2 heterocycles. The van der Waals surface area contributed by atoms with Gasteiger partial charge in [-0.05, 0) is 25.7 Å². The zero-order valence-electron chi connectivity index (χ0n) is 11.5. The Morgan fingerprint density at radius 2 is 1.85 bits per heavy atom. The lowest BCUT2D eigenvalue weighted by Crippen LogP contribution is -2.49. The van der Waals surface area contributed by atoms with Gasteiger partial charge in [0.05, 0.1) is 12.7 Å². The quantitative estimate of drug-likeness (QED) is 0.781. The molecule has 2 saturated heterocycles. The molecule has 0 aromatic heterocycles. The van der Waals surface area contributed by atoms with Crippen molar-refractivity contribution in [2.24, 2.45) is 0 Å². The van der Waals surface area contributed by atoms with Gasteiger partial charge in [0.2, 0.25) is 15.9 Å². The molecule has 114 valence electrons. The SMILES string of the molecule is CS(=O)(=O)N1CCCC1C(=O)N1CCCC1CC(=O)O. The lowest BCUT2D eigenvalue weighted by atomic mass is 10.1. The van der Waals surface area contributed by atoms with E-state index in [9.17, 15) is 18.0 Å². The van der Waals surface area contributed by atoms with Crippen molar-refractivity contribution in [1.82, 2.24) is 9.21 Å². The van der Waals surface area contributed by atoms with Crippen molar-refractivity contribution in [3.8, 4) is 0 Å². The minimum absolute atomic E-state index is 0.0721. The molecule has 2 atom stereocenters. The minimum Gasteiger partial charge on any atom is -0.481 e. The van der Waals surface area contributed by atoms with E-state index in [1.165, 1.54) is 4.31 Å². The molecule has 0 aromatic carbocycles. The maximum Gasteiger partial charge on any atom is 0.305 e. The molecule has 0 aromatic rings. The zero-order valence-corrected chi connectivity index (χ0v) is 12.3. The number of carboxylic acids is 1. The molecule has 2 fully saturated rings. The van der Waals surface area contributed by atoms with Gasteiger partial charge in [-0.25, -0.2) is 8.42 Å². The van der Waals surface area contributed by atoms with Crippen molar-refractivity contribution in [2.75, 3.05) is 19.3 Å². The molecular formula is C12H20N2O5S. The number of hydrogen-bond donors (Lipinski definition) is 1. The predicted molar refractivity (Wildman–Crippen MR) is 71.6 cm³/mol. The molecule has 2 rings (SSSR count). The number of amides is 1. The Hall–Kier alpha value is -1.15. The average Bonchev–Trinajstić information content (AvgIpc) is 2.93. The largest absolute Gasteiger partial charge is 0.481 e. The summed E-state index contributed by atoms with van der Waals surface area (Å²) in [7, 11) is -3.40. The summed E-state index contributed by atoms with van der Waals surface area (Å²) in [6, 6.07) is -0.957. The second-order valence-corrected chi connectivity index (χ2v) is 7.39. The van der Waals surface area contributed by atoms with Crippen LogP contribution in [0.15, 0.2) is 0 Å². The van der Waals surface area contributed by atoms with Gasteiger partial charge in [-0.1, -0.05) is 0 Å². The molecule has 1 N–H and O–H groups in total. The van der Waals surface area contributed by atoms with E-state index in [1.807, 2.05) is 0 Å². The van der Waals surface area contributed by atoms with Gasteiger partial charge in [-0.15, -0.1) is 0 Å². The van der Waals surface area contributed by atoms with Crippen molar-refractivity contribution < 1.29 is 23.1 Å². The van der Waals surface area contributed by atoms with Gasteiger partial charge in [0.25, 0.3) is 0 Å². The van der Waals surface area contributed by atoms with Gasteiger partial charge in [0.15, 0.2) is 0 Å². The minimum atomic E-state index is -3.40. The Balaban J connectivity index is 2.12. The van der Waals surface area contributed by atoms with Crippen LogP contribution in [0.2, 0.25) is 0 Å². The number of rotatable bonds is 4. The molecule has 0 saturated carbocycles. The molecule has 0 bridgehead atoms. The molecule has 0 aliphatic carbocycles. The molecule has 0 spiro atoms. The number of sulfonamides is 1. The zero-order chi connectivity index (χ0) is 14.9. The van der Waals surface area contributed by atoms with E-state index < -0.39 is 22.0 Å². The van der Waals surface area contributed by atoms with Crippen LogP contribution in [0.3, 0.4) is 0 Å². The number of carbonyl (C=O) groups is 2. The van der Waals surface area contributed by atoms with Gasteiger partial charge in [0.1, 0.15) is 6.04 Å². The monoisotopic (exact) mass is 304 g/mol. The molecular weight excluding hydrogens is 284 g/mol. The molecule has 2 aliphatic rings. The van der Waals surface area contributed by atoms with Crippen LogP contribution in [0.25, 0.3) is 0 Å². The van der Waals surface area contributed by atoms with Gasteiger partial charge in [-0.3, -0.25) is 9.59 Å². The Morgan fingerprint density at radius 1 is 1.20 bits per heavy atom. The molecule has 0 radical (unpaired) electrons.